The van der Waals surface area contributed by atoms with Crippen molar-refractivity contribution in [1.82, 2.24) is 24.8 Å². The second-order valence-corrected chi connectivity index (χ2v) is 10.1. The number of hydrogen-bond acceptors (Lipinski definition) is 5. The van der Waals surface area contributed by atoms with Gasteiger partial charge in [-0.25, -0.2) is 9.37 Å². The topological polar surface area (TPSA) is 75.2 Å². The number of H-pyrrole nitrogens is 1. The molecule has 192 valence electrons. The zero-order valence-corrected chi connectivity index (χ0v) is 20.9. The Labute approximate surface area is 215 Å². The number of piperidine rings is 1. The van der Waals surface area contributed by atoms with E-state index in [1.54, 1.807) is 12.3 Å². The zero-order chi connectivity index (χ0) is 25.4. The Morgan fingerprint density at radius 3 is 2.78 bits per heavy atom. The molecule has 2 N–H and O–H groups in total. The van der Waals surface area contributed by atoms with Crippen molar-refractivity contribution in [3.05, 3.63) is 89.9 Å². The lowest BCUT2D eigenvalue weighted by Gasteiger charge is -2.50. The molecule has 6 rings (SSSR count). The van der Waals surface area contributed by atoms with Crippen molar-refractivity contribution < 1.29 is 13.9 Å². The van der Waals surface area contributed by atoms with E-state index in [1.807, 2.05) is 36.8 Å². The third kappa shape index (κ3) is 4.45. The maximum atomic E-state index is 15.2. The summed E-state index contributed by atoms with van der Waals surface area (Å²) in [7, 11) is 1.44. The average molecular weight is 502 g/mol. The number of imidazole rings is 1. The highest BCUT2D eigenvalue weighted by Gasteiger charge is 2.48. The number of benzene rings is 2. The minimum Gasteiger partial charge on any atom is -0.468 e. The number of ether oxygens (including phenoxy) is 1. The number of carbonyl (C=O) groups is 1. The van der Waals surface area contributed by atoms with Gasteiger partial charge in [0.15, 0.2) is 0 Å². The number of esters is 1. The number of nitrogens with one attached hydrogen (secondary N) is 2. The van der Waals surface area contributed by atoms with Gasteiger partial charge in [0.1, 0.15) is 11.9 Å². The number of aromatic nitrogens is 3. The summed E-state index contributed by atoms with van der Waals surface area (Å²) in [6.07, 6.45) is 8.64. The van der Waals surface area contributed by atoms with Gasteiger partial charge in [0.05, 0.1) is 19.5 Å². The zero-order valence-electron chi connectivity index (χ0n) is 20.9. The normalized spacial score (nSPS) is 23.5. The molecular formula is C29H32FN5O2. The fourth-order valence-corrected chi connectivity index (χ4v) is 6.35. The molecular weight excluding hydrogens is 469 g/mol. The van der Waals surface area contributed by atoms with Gasteiger partial charge in [0.2, 0.25) is 0 Å². The number of para-hydroxylation sites is 1. The van der Waals surface area contributed by atoms with Gasteiger partial charge in [-0.2, -0.15) is 0 Å². The molecule has 0 amide bonds. The fraction of sp³-hybridized carbons (Fsp3) is 0.379. The number of aryl methyl sites for hydroxylation is 1. The van der Waals surface area contributed by atoms with Crippen LogP contribution in [0, 0.1) is 5.82 Å². The van der Waals surface area contributed by atoms with Crippen molar-refractivity contribution in [2.24, 2.45) is 0 Å². The molecule has 0 aliphatic carbocycles. The van der Waals surface area contributed by atoms with E-state index in [-0.39, 0.29) is 29.9 Å². The Morgan fingerprint density at radius 2 is 1.97 bits per heavy atom. The first-order valence-electron chi connectivity index (χ1n) is 13.0. The van der Waals surface area contributed by atoms with Crippen LogP contribution in [0.5, 0.6) is 0 Å². The summed E-state index contributed by atoms with van der Waals surface area (Å²) < 4.78 is 22.6. The highest BCUT2D eigenvalue weighted by molar-refractivity contribution is 5.87. The molecule has 2 aliphatic rings. The van der Waals surface area contributed by atoms with Crippen molar-refractivity contribution >= 4 is 16.9 Å². The number of aromatic amines is 1. The Morgan fingerprint density at radius 1 is 1.16 bits per heavy atom. The predicted octanol–water partition coefficient (Wildman–Crippen LogP) is 4.53. The summed E-state index contributed by atoms with van der Waals surface area (Å²) in [5.41, 5.74) is 4.00. The third-order valence-corrected chi connectivity index (χ3v) is 8.00. The van der Waals surface area contributed by atoms with Crippen molar-refractivity contribution in [2.45, 2.75) is 56.4 Å². The quantitative estimate of drug-likeness (QED) is 0.288. The van der Waals surface area contributed by atoms with E-state index in [9.17, 15) is 4.79 Å². The molecule has 1 saturated heterocycles. The Hall–Kier alpha value is -3.49. The lowest BCUT2D eigenvalue weighted by Crippen LogP contribution is -2.55. The molecule has 0 saturated carbocycles. The van der Waals surface area contributed by atoms with Crippen LogP contribution in [0.15, 0.2) is 67.3 Å². The lowest BCUT2D eigenvalue weighted by atomic mass is 9.79. The highest BCUT2D eigenvalue weighted by atomic mass is 19.1. The molecule has 2 aromatic carbocycles. The van der Waals surface area contributed by atoms with Crippen LogP contribution in [0.25, 0.3) is 10.9 Å². The van der Waals surface area contributed by atoms with Crippen LogP contribution in [0.2, 0.25) is 0 Å². The molecule has 4 aromatic rings. The van der Waals surface area contributed by atoms with Crippen molar-refractivity contribution in [1.29, 1.82) is 0 Å². The standard InChI is InChI=1S/C29H32FN5O2/c1-37-29(36)27-17-22-20-7-3-5-10-24(20)33-28(22)26-16-19(32-11-6-13-34-14-12-31-18-34)15-25(35(26)27)21-8-2-4-9-23(21)30/h2-5,7-10,12,14,18-19,25-27,32-33H,6,11,13,15-17H2,1H3. The van der Waals surface area contributed by atoms with Gasteiger partial charge < -0.3 is 19.6 Å². The fourth-order valence-electron chi connectivity index (χ4n) is 6.35. The summed E-state index contributed by atoms with van der Waals surface area (Å²) in [6, 6.07) is 14.6. The number of halogens is 1. The van der Waals surface area contributed by atoms with E-state index in [0.717, 1.165) is 42.5 Å². The minimum atomic E-state index is -0.478. The van der Waals surface area contributed by atoms with Gasteiger partial charge in [-0.1, -0.05) is 36.4 Å². The van der Waals surface area contributed by atoms with E-state index in [0.29, 0.717) is 18.4 Å². The molecule has 0 spiro atoms. The molecule has 0 radical (unpaired) electrons. The number of rotatable bonds is 7. The maximum Gasteiger partial charge on any atom is 0.323 e. The van der Waals surface area contributed by atoms with E-state index in [4.69, 9.17) is 4.74 Å². The average Bonchev–Trinajstić information content (AvgIpc) is 3.58. The molecule has 1 fully saturated rings. The lowest BCUT2D eigenvalue weighted by molar-refractivity contribution is -0.152. The monoisotopic (exact) mass is 501 g/mol. The number of carbonyl (C=O) groups excluding carboxylic acids is 1. The van der Waals surface area contributed by atoms with Gasteiger partial charge in [-0.15, -0.1) is 0 Å². The number of methoxy groups -OCH3 is 1. The SMILES string of the molecule is COC(=O)C1Cc2c([nH]c3ccccc23)C2CC(NCCCn3ccnc3)CC(c3ccccc3F)N12. The van der Waals surface area contributed by atoms with Crippen LogP contribution in [-0.4, -0.2) is 51.1 Å². The molecule has 0 bridgehead atoms. The molecule has 37 heavy (non-hydrogen) atoms. The summed E-state index contributed by atoms with van der Waals surface area (Å²) >= 11 is 0. The molecule has 4 atom stereocenters. The first kappa shape index (κ1) is 23.9. The molecule has 2 aliphatic heterocycles. The van der Waals surface area contributed by atoms with E-state index >= 15 is 4.39 Å². The first-order chi connectivity index (χ1) is 18.1. The van der Waals surface area contributed by atoms with E-state index in [1.165, 1.54) is 18.7 Å². The van der Waals surface area contributed by atoms with E-state index in [2.05, 4.69) is 36.9 Å². The number of nitrogens with zero attached hydrogens (tertiary/aromatic N) is 3. The van der Waals surface area contributed by atoms with Gasteiger partial charge in [0.25, 0.3) is 0 Å². The van der Waals surface area contributed by atoms with Crippen LogP contribution in [0.1, 0.15) is 48.2 Å². The molecule has 4 unspecified atom stereocenters. The number of hydrogen-bond donors (Lipinski definition) is 2. The van der Waals surface area contributed by atoms with E-state index < -0.39 is 6.04 Å². The van der Waals surface area contributed by atoms with Crippen LogP contribution >= 0.6 is 0 Å². The number of fused-ring (bicyclic) bond motifs is 5. The first-order valence-corrected chi connectivity index (χ1v) is 13.0. The molecule has 7 nitrogen and oxygen atoms in total. The summed E-state index contributed by atoms with van der Waals surface area (Å²) in [4.78, 5) is 23.2. The Balaban J connectivity index is 1.36. The second kappa shape index (κ2) is 10.1. The van der Waals surface area contributed by atoms with Crippen molar-refractivity contribution in [3.63, 3.8) is 0 Å². The summed E-state index contributed by atoms with van der Waals surface area (Å²) in [5, 5.41) is 4.89. The van der Waals surface area contributed by atoms with Crippen molar-refractivity contribution in [2.75, 3.05) is 13.7 Å². The third-order valence-electron chi connectivity index (χ3n) is 8.00. The summed E-state index contributed by atoms with van der Waals surface area (Å²) in [6.45, 7) is 1.74. The summed E-state index contributed by atoms with van der Waals surface area (Å²) in [5.74, 6) is -0.507. The largest absolute Gasteiger partial charge is 0.468 e. The van der Waals surface area contributed by atoms with Gasteiger partial charge in [-0.3, -0.25) is 9.69 Å². The van der Waals surface area contributed by atoms with Crippen LogP contribution in [0.4, 0.5) is 4.39 Å². The minimum absolute atomic E-state index is 0.0650. The molecule has 2 aromatic heterocycles. The van der Waals surface area contributed by atoms with Gasteiger partial charge >= 0.3 is 5.97 Å². The highest BCUT2D eigenvalue weighted by Crippen LogP contribution is 2.49. The Bertz CT molecular complexity index is 1380. The van der Waals surface area contributed by atoms with Crippen LogP contribution in [-0.2, 0) is 22.5 Å². The smallest absolute Gasteiger partial charge is 0.323 e. The van der Waals surface area contributed by atoms with Gasteiger partial charge in [-0.05, 0) is 43.5 Å². The molecule has 4 heterocycles. The predicted molar refractivity (Wildman–Crippen MR) is 139 cm³/mol. The van der Waals surface area contributed by atoms with Crippen molar-refractivity contribution in [3.8, 4) is 0 Å². The Kier molecular flexibility index (Phi) is 6.52. The molecule has 8 heteroatoms. The maximum absolute atomic E-state index is 15.2. The van der Waals surface area contributed by atoms with Gasteiger partial charge in [0, 0.05) is 59.6 Å². The van der Waals surface area contributed by atoms with Crippen LogP contribution < -0.4 is 5.32 Å². The second-order valence-electron chi connectivity index (χ2n) is 10.1. The van der Waals surface area contributed by atoms with Crippen LogP contribution in [0.3, 0.4) is 0 Å².